The van der Waals surface area contributed by atoms with Gasteiger partial charge in [-0.25, -0.2) is 0 Å². The lowest BCUT2D eigenvalue weighted by atomic mass is 10.0. The van der Waals surface area contributed by atoms with Crippen LogP contribution in [0.25, 0.3) is 0 Å². The number of benzene rings is 1. The van der Waals surface area contributed by atoms with Crippen molar-refractivity contribution in [3.8, 4) is 5.75 Å². The molecule has 0 saturated heterocycles. The number of carboxylic acid groups (broad SMARTS) is 1. The first-order valence-corrected chi connectivity index (χ1v) is 6.60. The van der Waals surface area contributed by atoms with E-state index in [2.05, 4.69) is 0 Å². The van der Waals surface area contributed by atoms with Gasteiger partial charge in [0.2, 0.25) is 0 Å². The van der Waals surface area contributed by atoms with Crippen LogP contribution in [0.5, 0.6) is 5.75 Å². The highest BCUT2D eigenvalue weighted by molar-refractivity contribution is 5.69. The van der Waals surface area contributed by atoms with E-state index in [1.165, 1.54) is 0 Å². The minimum atomic E-state index is -0.812. The molecule has 0 saturated carbocycles. The van der Waals surface area contributed by atoms with Crippen molar-refractivity contribution in [1.82, 2.24) is 4.90 Å². The summed E-state index contributed by atoms with van der Waals surface area (Å²) in [5.41, 5.74) is 2.69. The van der Waals surface area contributed by atoms with Crippen LogP contribution in [0.3, 0.4) is 0 Å². The fourth-order valence-electron chi connectivity index (χ4n) is 2.17. The maximum Gasteiger partial charge on any atom is 0.317 e. The van der Waals surface area contributed by atoms with Gasteiger partial charge in [-0.15, -0.1) is 0 Å². The molecule has 0 amide bonds. The van der Waals surface area contributed by atoms with Gasteiger partial charge in [-0.05, 0) is 43.9 Å². The largest absolute Gasteiger partial charge is 0.507 e. The average Bonchev–Trinajstić information content (AvgIpc) is 2.33. The number of hydrogen-bond donors (Lipinski definition) is 2. The number of phenols is 1. The monoisotopic (exact) mass is 265 g/mol. The van der Waals surface area contributed by atoms with Crippen LogP contribution in [0.15, 0.2) is 12.1 Å². The first-order chi connectivity index (χ1) is 8.85. The number of carboxylic acids is 1. The quantitative estimate of drug-likeness (QED) is 0.830. The summed E-state index contributed by atoms with van der Waals surface area (Å²) in [6, 6.07) is 4.05. The molecule has 0 spiro atoms. The van der Waals surface area contributed by atoms with Gasteiger partial charge in [-0.1, -0.05) is 19.1 Å². The number of aliphatic carboxylic acids is 1. The zero-order chi connectivity index (χ0) is 14.6. The maximum atomic E-state index is 10.9. The van der Waals surface area contributed by atoms with Crippen molar-refractivity contribution < 1.29 is 15.0 Å². The van der Waals surface area contributed by atoms with Gasteiger partial charge in [0, 0.05) is 12.6 Å². The molecule has 0 aliphatic heterocycles. The van der Waals surface area contributed by atoms with Gasteiger partial charge in [-0.3, -0.25) is 9.69 Å². The SMILES string of the molecule is CCC(C)N(CC(=O)O)Cc1cc(C)c(O)c(C)c1. The summed E-state index contributed by atoms with van der Waals surface area (Å²) in [7, 11) is 0. The van der Waals surface area contributed by atoms with Crippen molar-refractivity contribution in [3.63, 3.8) is 0 Å². The zero-order valence-electron chi connectivity index (χ0n) is 12.1. The van der Waals surface area contributed by atoms with Crippen molar-refractivity contribution >= 4 is 5.97 Å². The van der Waals surface area contributed by atoms with Crippen molar-refractivity contribution in [1.29, 1.82) is 0 Å². The van der Waals surface area contributed by atoms with E-state index in [9.17, 15) is 9.90 Å². The van der Waals surface area contributed by atoms with Crippen molar-refractivity contribution in [3.05, 3.63) is 28.8 Å². The molecule has 4 nitrogen and oxygen atoms in total. The van der Waals surface area contributed by atoms with E-state index in [1.807, 2.05) is 44.7 Å². The van der Waals surface area contributed by atoms with Gasteiger partial charge < -0.3 is 10.2 Å². The molecule has 4 heteroatoms. The van der Waals surface area contributed by atoms with Gasteiger partial charge in [0.25, 0.3) is 0 Å². The molecule has 0 aliphatic carbocycles. The molecule has 0 heterocycles. The van der Waals surface area contributed by atoms with E-state index in [1.54, 1.807) is 0 Å². The normalized spacial score (nSPS) is 12.7. The summed E-state index contributed by atoms with van der Waals surface area (Å²) in [5, 5.41) is 18.7. The standard InChI is InChI=1S/C15H23NO3/c1-5-12(4)16(9-14(17)18)8-13-6-10(2)15(19)11(3)7-13/h6-7,12,19H,5,8-9H2,1-4H3,(H,17,18). The summed E-state index contributed by atoms with van der Waals surface area (Å²) >= 11 is 0. The van der Waals surface area contributed by atoms with Gasteiger partial charge in [0.15, 0.2) is 0 Å². The van der Waals surface area contributed by atoms with Crippen LogP contribution in [-0.2, 0) is 11.3 Å². The van der Waals surface area contributed by atoms with Gasteiger partial charge in [-0.2, -0.15) is 0 Å². The Balaban J connectivity index is 2.92. The Hall–Kier alpha value is -1.55. The molecule has 19 heavy (non-hydrogen) atoms. The molecule has 0 radical (unpaired) electrons. The Morgan fingerprint density at radius 2 is 1.84 bits per heavy atom. The van der Waals surface area contributed by atoms with E-state index in [4.69, 9.17) is 5.11 Å². The summed E-state index contributed by atoms with van der Waals surface area (Å²) < 4.78 is 0. The zero-order valence-corrected chi connectivity index (χ0v) is 12.1. The Morgan fingerprint density at radius 1 is 1.32 bits per heavy atom. The van der Waals surface area contributed by atoms with Gasteiger partial charge in [0.05, 0.1) is 6.54 Å². The number of carbonyl (C=O) groups is 1. The molecular weight excluding hydrogens is 242 g/mol. The van der Waals surface area contributed by atoms with E-state index in [0.717, 1.165) is 23.1 Å². The van der Waals surface area contributed by atoms with Crippen LogP contribution >= 0.6 is 0 Å². The molecule has 0 fully saturated rings. The van der Waals surface area contributed by atoms with Crippen LogP contribution in [0.2, 0.25) is 0 Å². The maximum absolute atomic E-state index is 10.9. The molecule has 106 valence electrons. The van der Waals surface area contributed by atoms with Gasteiger partial charge >= 0.3 is 5.97 Å². The number of aryl methyl sites for hydroxylation is 2. The number of nitrogens with zero attached hydrogens (tertiary/aromatic N) is 1. The summed E-state index contributed by atoms with van der Waals surface area (Å²) in [6.07, 6.45) is 0.906. The smallest absolute Gasteiger partial charge is 0.317 e. The molecule has 0 aromatic heterocycles. The van der Waals surface area contributed by atoms with E-state index in [0.29, 0.717) is 12.3 Å². The third-order valence-corrected chi connectivity index (χ3v) is 3.49. The Morgan fingerprint density at radius 3 is 2.26 bits per heavy atom. The first-order valence-electron chi connectivity index (χ1n) is 6.60. The highest BCUT2D eigenvalue weighted by Crippen LogP contribution is 2.24. The number of aromatic hydroxyl groups is 1. The van der Waals surface area contributed by atoms with Crippen molar-refractivity contribution in [2.24, 2.45) is 0 Å². The van der Waals surface area contributed by atoms with Crippen LogP contribution < -0.4 is 0 Å². The van der Waals surface area contributed by atoms with Crippen molar-refractivity contribution in [2.75, 3.05) is 6.54 Å². The predicted octanol–water partition coefficient (Wildman–Crippen LogP) is 2.69. The van der Waals surface area contributed by atoms with Crippen LogP contribution in [0, 0.1) is 13.8 Å². The average molecular weight is 265 g/mol. The molecule has 1 unspecified atom stereocenters. The lowest BCUT2D eigenvalue weighted by Gasteiger charge is -2.27. The Labute approximate surface area is 114 Å². The highest BCUT2D eigenvalue weighted by atomic mass is 16.4. The molecule has 2 N–H and O–H groups in total. The lowest BCUT2D eigenvalue weighted by Crippen LogP contribution is -2.36. The molecule has 1 atom stereocenters. The van der Waals surface area contributed by atoms with Crippen LogP contribution in [0.4, 0.5) is 0 Å². The molecule has 1 rings (SSSR count). The topological polar surface area (TPSA) is 60.8 Å². The number of phenolic OH excluding ortho intramolecular Hbond substituents is 1. The minimum Gasteiger partial charge on any atom is -0.507 e. The summed E-state index contributed by atoms with van der Waals surface area (Å²) in [6.45, 7) is 8.42. The summed E-state index contributed by atoms with van der Waals surface area (Å²) in [5.74, 6) is -0.496. The molecule has 1 aromatic carbocycles. The predicted molar refractivity (Wildman–Crippen MR) is 75.4 cm³/mol. The van der Waals surface area contributed by atoms with E-state index < -0.39 is 5.97 Å². The van der Waals surface area contributed by atoms with Crippen LogP contribution in [0.1, 0.15) is 37.0 Å². The molecule has 0 aliphatic rings. The highest BCUT2D eigenvalue weighted by Gasteiger charge is 2.16. The first kappa shape index (κ1) is 15.5. The van der Waals surface area contributed by atoms with E-state index in [-0.39, 0.29) is 12.6 Å². The Kier molecular flexibility index (Phi) is 5.36. The third kappa shape index (κ3) is 4.24. The lowest BCUT2D eigenvalue weighted by molar-refractivity contribution is -0.139. The second-order valence-corrected chi connectivity index (χ2v) is 5.13. The summed E-state index contributed by atoms with van der Waals surface area (Å²) in [4.78, 5) is 12.9. The number of rotatable bonds is 6. The van der Waals surface area contributed by atoms with Gasteiger partial charge in [0.1, 0.15) is 5.75 Å². The number of hydrogen-bond acceptors (Lipinski definition) is 3. The van der Waals surface area contributed by atoms with E-state index >= 15 is 0 Å². The fourth-order valence-corrected chi connectivity index (χ4v) is 2.17. The minimum absolute atomic E-state index is 0.0357. The second kappa shape index (κ2) is 6.57. The van der Waals surface area contributed by atoms with Crippen LogP contribution in [-0.4, -0.2) is 33.7 Å². The fraction of sp³-hybridized carbons (Fsp3) is 0.533. The molecule has 1 aromatic rings. The molecule has 0 bridgehead atoms. The third-order valence-electron chi connectivity index (χ3n) is 3.49. The Bertz CT molecular complexity index is 434. The molecular formula is C15H23NO3. The van der Waals surface area contributed by atoms with Crippen molar-refractivity contribution in [2.45, 2.75) is 46.7 Å². The second-order valence-electron chi connectivity index (χ2n) is 5.13.